The van der Waals surface area contributed by atoms with Gasteiger partial charge in [0.25, 0.3) is 0 Å². The van der Waals surface area contributed by atoms with E-state index < -0.39 is 11.9 Å². The van der Waals surface area contributed by atoms with Crippen molar-refractivity contribution in [1.82, 2.24) is 4.90 Å². The second kappa shape index (κ2) is 5.09. The first kappa shape index (κ1) is 11.9. The van der Waals surface area contributed by atoms with Crippen molar-refractivity contribution >= 4 is 11.8 Å². The number of rotatable bonds is 4. The molecule has 1 saturated heterocycles. The molecule has 1 aliphatic heterocycles. The zero-order chi connectivity index (χ0) is 11.4. The highest BCUT2D eigenvalue weighted by Gasteiger charge is 2.29. The van der Waals surface area contributed by atoms with E-state index in [9.17, 15) is 9.59 Å². The molecule has 86 valence electrons. The molecular formula is C9H17N3O3. The van der Waals surface area contributed by atoms with Crippen LogP contribution < -0.4 is 11.5 Å². The topological polar surface area (TPSA) is 98.7 Å². The molecule has 6 heteroatoms. The maximum absolute atomic E-state index is 11.7. The molecule has 2 atom stereocenters. The number of carbonyl (C=O) groups excluding carboxylic acids is 2. The van der Waals surface area contributed by atoms with Gasteiger partial charge in [0.15, 0.2) is 0 Å². The van der Waals surface area contributed by atoms with Gasteiger partial charge in [-0.2, -0.15) is 0 Å². The normalized spacial score (nSPS) is 22.8. The number of primary amides is 1. The Morgan fingerprint density at radius 3 is 2.73 bits per heavy atom. The van der Waals surface area contributed by atoms with Gasteiger partial charge < -0.3 is 21.1 Å². The Hall–Kier alpha value is -1.14. The minimum Gasteiger partial charge on any atom is -0.380 e. The van der Waals surface area contributed by atoms with Gasteiger partial charge in [-0.15, -0.1) is 0 Å². The molecular weight excluding hydrogens is 198 g/mol. The Kier molecular flexibility index (Phi) is 4.05. The van der Waals surface area contributed by atoms with Crippen molar-refractivity contribution in [1.29, 1.82) is 0 Å². The second-order valence-corrected chi connectivity index (χ2v) is 3.71. The lowest BCUT2D eigenvalue weighted by Gasteiger charge is -2.19. The number of methoxy groups -OCH3 is 1. The van der Waals surface area contributed by atoms with Gasteiger partial charge in [-0.3, -0.25) is 9.59 Å². The molecule has 2 unspecified atom stereocenters. The van der Waals surface area contributed by atoms with Crippen molar-refractivity contribution in [3.05, 3.63) is 0 Å². The quantitative estimate of drug-likeness (QED) is 0.592. The van der Waals surface area contributed by atoms with Crippen molar-refractivity contribution in [2.75, 3.05) is 20.2 Å². The van der Waals surface area contributed by atoms with Crippen LogP contribution >= 0.6 is 0 Å². The smallest absolute Gasteiger partial charge is 0.240 e. The first-order chi connectivity index (χ1) is 7.04. The summed E-state index contributed by atoms with van der Waals surface area (Å²) in [7, 11) is 1.61. The molecule has 0 aliphatic carbocycles. The van der Waals surface area contributed by atoms with Gasteiger partial charge in [-0.05, 0) is 6.42 Å². The lowest BCUT2D eigenvalue weighted by atomic mass is 10.2. The standard InChI is InChI=1S/C9H17N3O3/c1-15-6-2-3-12(5-6)9(14)7(10)4-8(11)13/h6-7H,2-5,10H2,1H3,(H2,11,13). The van der Waals surface area contributed by atoms with E-state index in [-0.39, 0.29) is 18.4 Å². The summed E-state index contributed by atoms with van der Waals surface area (Å²) in [5, 5.41) is 0. The highest BCUT2D eigenvalue weighted by atomic mass is 16.5. The van der Waals surface area contributed by atoms with Crippen LogP contribution in [0.2, 0.25) is 0 Å². The molecule has 1 aliphatic rings. The summed E-state index contributed by atoms with van der Waals surface area (Å²) in [4.78, 5) is 23.9. The maximum Gasteiger partial charge on any atom is 0.240 e. The zero-order valence-corrected chi connectivity index (χ0v) is 8.81. The Bertz CT molecular complexity index is 257. The molecule has 0 aromatic heterocycles. The lowest BCUT2D eigenvalue weighted by molar-refractivity contribution is -0.134. The summed E-state index contributed by atoms with van der Waals surface area (Å²) in [5.41, 5.74) is 10.5. The van der Waals surface area contributed by atoms with Crippen molar-refractivity contribution in [3.63, 3.8) is 0 Å². The maximum atomic E-state index is 11.7. The van der Waals surface area contributed by atoms with E-state index in [1.807, 2.05) is 0 Å². The minimum absolute atomic E-state index is 0.0785. The number of likely N-dealkylation sites (tertiary alicyclic amines) is 1. The molecule has 0 aromatic rings. The van der Waals surface area contributed by atoms with Crippen molar-refractivity contribution in [2.24, 2.45) is 11.5 Å². The van der Waals surface area contributed by atoms with Crippen molar-refractivity contribution < 1.29 is 14.3 Å². The van der Waals surface area contributed by atoms with Gasteiger partial charge in [-0.1, -0.05) is 0 Å². The number of hydrogen-bond acceptors (Lipinski definition) is 4. The van der Waals surface area contributed by atoms with Crippen LogP contribution in [0.4, 0.5) is 0 Å². The molecule has 0 aromatic carbocycles. The Balaban J connectivity index is 2.44. The van der Waals surface area contributed by atoms with Crippen LogP contribution in [0.25, 0.3) is 0 Å². The average molecular weight is 215 g/mol. The fourth-order valence-electron chi connectivity index (χ4n) is 1.66. The predicted molar refractivity (Wildman–Crippen MR) is 53.8 cm³/mol. The van der Waals surface area contributed by atoms with Crippen LogP contribution in [0.3, 0.4) is 0 Å². The molecule has 6 nitrogen and oxygen atoms in total. The highest BCUT2D eigenvalue weighted by molar-refractivity contribution is 5.87. The summed E-state index contributed by atoms with van der Waals surface area (Å²) >= 11 is 0. The molecule has 0 bridgehead atoms. The van der Waals surface area contributed by atoms with Crippen LogP contribution in [-0.2, 0) is 14.3 Å². The number of nitrogens with two attached hydrogens (primary N) is 2. The Labute approximate surface area is 88.5 Å². The third-order valence-electron chi connectivity index (χ3n) is 2.53. The van der Waals surface area contributed by atoms with E-state index in [4.69, 9.17) is 16.2 Å². The predicted octanol–water partition coefficient (Wildman–Crippen LogP) is -1.56. The highest BCUT2D eigenvalue weighted by Crippen LogP contribution is 2.13. The number of ether oxygens (including phenoxy) is 1. The van der Waals surface area contributed by atoms with Crippen LogP contribution in [-0.4, -0.2) is 49.1 Å². The number of amides is 2. The van der Waals surface area contributed by atoms with E-state index in [0.29, 0.717) is 13.1 Å². The molecule has 0 saturated carbocycles. The fourth-order valence-corrected chi connectivity index (χ4v) is 1.66. The summed E-state index contributed by atoms with van der Waals surface area (Å²) in [5.74, 6) is -0.785. The van der Waals surface area contributed by atoms with Gasteiger partial charge in [0.05, 0.1) is 18.6 Å². The van der Waals surface area contributed by atoms with E-state index in [1.54, 1.807) is 12.0 Å². The van der Waals surface area contributed by atoms with E-state index in [1.165, 1.54) is 0 Å². The average Bonchev–Trinajstić information content (AvgIpc) is 2.63. The largest absolute Gasteiger partial charge is 0.380 e. The van der Waals surface area contributed by atoms with Crippen molar-refractivity contribution in [2.45, 2.75) is 25.0 Å². The van der Waals surface area contributed by atoms with Crippen LogP contribution in [0, 0.1) is 0 Å². The zero-order valence-electron chi connectivity index (χ0n) is 8.81. The third kappa shape index (κ3) is 3.17. The van der Waals surface area contributed by atoms with Gasteiger partial charge in [0.1, 0.15) is 0 Å². The molecule has 15 heavy (non-hydrogen) atoms. The Morgan fingerprint density at radius 1 is 1.60 bits per heavy atom. The van der Waals surface area contributed by atoms with Crippen LogP contribution in [0.15, 0.2) is 0 Å². The van der Waals surface area contributed by atoms with Crippen LogP contribution in [0.1, 0.15) is 12.8 Å². The third-order valence-corrected chi connectivity index (χ3v) is 2.53. The monoisotopic (exact) mass is 215 g/mol. The van der Waals surface area contributed by atoms with Gasteiger partial charge in [0.2, 0.25) is 11.8 Å². The minimum atomic E-state index is -0.821. The SMILES string of the molecule is COC1CCN(C(=O)C(N)CC(N)=O)C1. The number of nitrogens with zero attached hydrogens (tertiary/aromatic N) is 1. The first-order valence-corrected chi connectivity index (χ1v) is 4.90. The van der Waals surface area contributed by atoms with Crippen molar-refractivity contribution in [3.8, 4) is 0 Å². The molecule has 1 rings (SSSR count). The first-order valence-electron chi connectivity index (χ1n) is 4.90. The summed E-state index contributed by atoms with van der Waals surface area (Å²) in [6, 6.07) is -0.821. The van der Waals surface area contributed by atoms with Crippen LogP contribution in [0.5, 0.6) is 0 Å². The number of hydrogen-bond donors (Lipinski definition) is 2. The molecule has 2 amide bonds. The van der Waals surface area contributed by atoms with Gasteiger partial charge in [-0.25, -0.2) is 0 Å². The lowest BCUT2D eigenvalue weighted by Crippen LogP contribution is -2.45. The van der Waals surface area contributed by atoms with Gasteiger partial charge in [0, 0.05) is 20.2 Å². The molecule has 1 fully saturated rings. The Morgan fingerprint density at radius 2 is 2.27 bits per heavy atom. The molecule has 4 N–H and O–H groups in total. The molecule has 0 radical (unpaired) electrons. The summed E-state index contributed by atoms with van der Waals surface area (Å²) in [6.45, 7) is 1.17. The molecule has 1 heterocycles. The van der Waals surface area contributed by atoms with E-state index in [2.05, 4.69) is 0 Å². The fraction of sp³-hybridized carbons (Fsp3) is 0.778. The molecule has 0 spiro atoms. The number of carbonyl (C=O) groups is 2. The van der Waals surface area contributed by atoms with E-state index >= 15 is 0 Å². The van der Waals surface area contributed by atoms with E-state index in [0.717, 1.165) is 6.42 Å². The van der Waals surface area contributed by atoms with Gasteiger partial charge >= 0.3 is 0 Å². The second-order valence-electron chi connectivity index (χ2n) is 3.71. The summed E-state index contributed by atoms with van der Waals surface area (Å²) < 4.78 is 5.13. The summed E-state index contributed by atoms with van der Waals surface area (Å²) in [6.07, 6.45) is 0.785.